The largest absolute Gasteiger partial charge is 0.294 e. The molecule has 0 bridgehead atoms. The van der Waals surface area contributed by atoms with Crippen molar-refractivity contribution in [1.82, 2.24) is 0 Å². The number of carbonyl (C=O) groups is 1. The molecule has 1 aliphatic rings. The van der Waals surface area contributed by atoms with Crippen LogP contribution in [0.4, 0.5) is 0 Å². The lowest BCUT2D eigenvalue weighted by Crippen LogP contribution is -2.25. The van der Waals surface area contributed by atoms with Crippen LogP contribution in [0.25, 0.3) is 0 Å². The summed E-state index contributed by atoms with van der Waals surface area (Å²) < 4.78 is 0. The van der Waals surface area contributed by atoms with Gasteiger partial charge in [-0.1, -0.05) is 51.5 Å². The van der Waals surface area contributed by atoms with Gasteiger partial charge in [-0.3, -0.25) is 4.79 Å². The fourth-order valence-corrected chi connectivity index (χ4v) is 2.24. The first-order chi connectivity index (χ1) is 7.50. The zero-order valence-electron chi connectivity index (χ0n) is 10.4. The van der Waals surface area contributed by atoms with Gasteiger partial charge in [0.2, 0.25) is 0 Å². The molecule has 1 aromatic rings. The monoisotopic (exact) mass is 216 g/mol. The molecule has 0 radical (unpaired) electrons. The molecule has 1 heteroatoms. The van der Waals surface area contributed by atoms with Crippen LogP contribution in [0.2, 0.25) is 0 Å². The van der Waals surface area contributed by atoms with Crippen LogP contribution in [0.1, 0.15) is 56.0 Å². The first-order valence-electron chi connectivity index (χ1n) is 6.14. The number of rotatable bonds is 2. The molecule has 0 unspecified atom stereocenters. The van der Waals surface area contributed by atoms with Crippen LogP contribution in [-0.2, 0) is 5.41 Å². The van der Waals surface area contributed by atoms with Gasteiger partial charge in [-0.05, 0) is 23.8 Å². The maximum absolute atomic E-state index is 12.3. The molecule has 2 rings (SSSR count). The molecule has 0 aromatic heterocycles. The second kappa shape index (κ2) is 4.04. The standard InChI is InChI=1S/C15H20O/c1-15(2,3)13-10-5-4-9-12(13)14(16)11-7-6-8-11/h4-5,9-11H,6-8H2,1-3H3. The molecule has 86 valence electrons. The van der Waals surface area contributed by atoms with Crippen molar-refractivity contribution in [3.63, 3.8) is 0 Å². The van der Waals surface area contributed by atoms with E-state index < -0.39 is 0 Å². The van der Waals surface area contributed by atoms with Gasteiger partial charge in [0.1, 0.15) is 0 Å². The zero-order chi connectivity index (χ0) is 11.8. The van der Waals surface area contributed by atoms with Gasteiger partial charge < -0.3 is 0 Å². The Morgan fingerprint density at radius 2 is 1.81 bits per heavy atom. The average molecular weight is 216 g/mol. The lowest BCUT2D eigenvalue weighted by atomic mass is 9.75. The summed E-state index contributed by atoms with van der Waals surface area (Å²) in [4.78, 5) is 12.3. The van der Waals surface area contributed by atoms with Crippen LogP contribution in [-0.4, -0.2) is 5.78 Å². The van der Waals surface area contributed by atoms with E-state index in [1.165, 1.54) is 12.0 Å². The third kappa shape index (κ3) is 2.04. The topological polar surface area (TPSA) is 17.1 Å². The SMILES string of the molecule is CC(C)(C)c1ccccc1C(=O)C1CCC1. The highest BCUT2D eigenvalue weighted by Crippen LogP contribution is 2.33. The molecule has 0 spiro atoms. The number of benzene rings is 1. The summed E-state index contributed by atoms with van der Waals surface area (Å²) in [5.74, 6) is 0.653. The highest BCUT2D eigenvalue weighted by atomic mass is 16.1. The van der Waals surface area contributed by atoms with E-state index in [0.717, 1.165) is 18.4 Å². The normalized spacial score (nSPS) is 16.9. The van der Waals surface area contributed by atoms with Crippen molar-refractivity contribution in [3.05, 3.63) is 35.4 Å². The molecular formula is C15H20O. The number of ketones is 1. The minimum absolute atomic E-state index is 0.0516. The Morgan fingerprint density at radius 3 is 2.31 bits per heavy atom. The molecular weight excluding hydrogens is 196 g/mol. The van der Waals surface area contributed by atoms with Crippen molar-refractivity contribution in [2.45, 2.75) is 45.4 Å². The summed E-state index contributed by atoms with van der Waals surface area (Å²) in [6.45, 7) is 6.50. The van der Waals surface area contributed by atoms with Gasteiger partial charge in [-0.15, -0.1) is 0 Å². The van der Waals surface area contributed by atoms with Gasteiger partial charge >= 0.3 is 0 Å². The molecule has 16 heavy (non-hydrogen) atoms. The molecule has 1 saturated carbocycles. The summed E-state index contributed by atoms with van der Waals surface area (Å²) >= 11 is 0. The predicted molar refractivity (Wildman–Crippen MR) is 66.8 cm³/mol. The molecule has 1 nitrogen and oxygen atoms in total. The number of hydrogen-bond acceptors (Lipinski definition) is 1. The summed E-state index contributed by atoms with van der Waals surface area (Å²) in [5, 5.41) is 0. The summed E-state index contributed by atoms with van der Waals surface area (Å²) in [6, 6.07) is 8.08. The van der Waals surface area contributed by atoms with E-state index in [0.29, 0.717) is 11.7 Å². The molecule has 0 amide bonds. The molecule has 0 heterocycles. The Morgan fingerprint density at radius 1 is 1.19 bits per heavy atom. The number of hydrogen-bond donors (Lipinski definition) is 0. The fourth-order valence-electron chi connectivity index (χ4n) is 2.24. The lowest BCUT2D eigenvalue weighted by Gasteiger charge is -2.28. The maximum Gasteiger partial charge on any atom is 0.166 e. The minimum atomic E-state index is 0.0516. The molecule has 1 fully saturated rings. The molecule has 1 aromatic carbocycles. The first kappa shape index (κ1) is 11.4. The second-order valence-corrected chi connectivity index (χ2v) is 5.79. The fraction of sp³-hybridized carbons (Fsp3) is 0.533. The van der Waals surface area contributed by atoms with E-state index in [1.54, 1.807) is 0 Å². The molecule has 1 aliphatic carbocycles. The Labute approximate surface area is 97.9 Å². The Kier molecular flexibility index (Phi) is 2.88. The highest BCUT2D eigenvalue weighted by molar-refractivity contribution is 5.99. The van der Waals surface area contributed by atoms with E-state index in [2.05, 4.69) is 26.8 Å². The van der Waals surface area contributed by atoms with Crippen molar-refractivity contribution in [3.8, 4) is 0 Å². The smallest absolute Gasteiger partial charge is 0.166 e. The van der Waals surface area contributed by atoms with Gasteiger partial charge in [0, 0.05) is 11.5 Å². The van der Waals surface area contributed by atoms with Crippen LogP contribution in [0.3, 0.4) is 0 Å². The predicted octanol–water partition coefficient (Wildman–Crippen LogP) is 3.97. The summed E-state index contributed by atoms with van der Waals surface area (Å²) in [5.41, 5.74) is 2.18. The number of Topliss-reactive ketones (excluding diaryl/α,β-unsaturated/α-hetero) is 1. The maximum atomic E-state index is 12.3. The average Bonchev–Trinajstić information content (AvgIpc) is 2.13. The van der Waals surface area contributed by atoms with Crippen molar-refractivity contribution < 1.29 is 4.79 Å². The van der Waals surface area contributed by atoms with E-state index in [9.17, 15) is 4.79 Å². The second-order valence-electron chi connectivity index (χ2n) is 5.79. The van der Waals surface area contributed by atoms with Gasteiger partial charge in [-0.2, -0.15) is 0 Å². The van der Waals surface area contributed by atoms with Gasteiger partial charge in [0.05, 0.1) is 0 Å². The van der Waals surface area contributed by atoms with E-state index in [4.69, 9.17) is 0 Å². The molecule has 0 atom stereocenters. The Hall–Kier alpha value is -1.11. The third-order valence-corrected chi connectivity index (χ3v) is 3.48. The van der Waals surface area contributed by atoms with Crippen molar-refractivity contribution in [2.24, 2.45) is 5.92 Å². The van der Waals surface area contributed by atoms with Gasteiger partial charge in [0.15, 0.2) is 5.78 Å². The number of carbonyl (C=O) groups excluding carboxylic acids is 1. The van der Waals surface area contributed by atoms with Crippen LogP contribution >= 0.6 is 0 Å². The van der Waals surface area contributed by atoms with Crippen LogP contribution < -0.4 is 0 Å². The quantitative estimate of drug-likeness (QED) is 0.684. The van der Waals surface area contributed by atoms with Crippen LogP contribution in [0.5, 0.6) is 0 Å². The van der Waals surface area contributed by atoms with Crippen molar-refractivity contribution >= 4 is 5.78 Å². The molecule has 0 aliphatic heterocycles. The highest BCUT2D eigenvalue weighted by Gasteiger charge is 2.29. The van der Waals surface area contributed by atoms with Crippen LogP contribution in [0.15, 0.2) is 24.3 Å². The van der Waals surface area contributed by atoms with Gasteiger partial charge in [-0.25, -0.2) is 0 Å². The van der Waals surface area contributed by atoms with E-state index >= 15 is 0 Å². The lowest BCUT2D eigenvalue weighted by molar-refractivity contribution is 0.0853. The van der Waals surface area contributed by atoms with Crippen LogP contribution in [0, 0.1) is 5.92 Å². The third-order valence-electron chi connectivity index (χ3n) is 3.48. The van der Waals surface area contributed by atoms with Gasteiger partial charge in [0.25, 0.3) is 0 Å². The Bertz CT molecular complexity index is 394. The van der Waals surface area contributed by atoms with Crippen molar-refractivity contribution in [1.29, 1.82) is 0 Å². The van der Waals surface area contributed by atoms with E-state index in [-0.39, 0.29) is 5.41 Å². The zero-order valence-corrected chi connectivity index (χ0v) is 10.4. The summed E-state index contributed by atoms with van der Waals surface area (Å²) in [6.07, 6.45) is 3.38. The summed E-state index contributed by atoms with van der Waals surface area (Å²) in [7, 11) is 0. The van der Waals surface area contributed by atoms with Crippen molar-refractivity contribution in [2.75, 3.05) is 0 Å². The Balaban J connectivity index is 2.36. The minimum Gasteiger partial charge on any atom is -0.294 e. The molecule has 0 N–H and O–H groups in total. The molecule has 0 saturated heterocycles. The first-order valence-corrected chi connectivity index (χ1v) is 6.14. The van der Waals surface area contributed by atoms with E-state index in [1.807, 2.05) is 18.2 Å².